The summed E-state index contributed by atoms with van der Waals surface area (Å²) in [6.07, 6.45) is 3.82. The number of benzene rings is 1. The Morgan fingerprint density at radius 1 is 1.29 bits per heavy atom. The van der Waals surface area contributed by atoms with Gasteiger partial charge in [-0.05, 0) is 43.9 Å². The zero-order chi connectivity index (χ0) is 22.1. The Labute approximate surface area is 184 Å². The molecule has 2 aromatic rings. The highest BCUT2D eigenvalue weighted by Crippen LogP contribution is 2.28. The molecule has 1 atom stereocenters. The molecule has 1 aliphatic rings. The summed E-state index contributed by atoms with van der Waals surface area (Å²) in [5.74, 6) is 4.15. The van der Waals surface area contributed by atoms with E-state index < -0.39 is 0 Å². The summed E-state index contributed by atoms with van der Waals surface area (Å²) in [7, 11) is 5.12. The van der Waals surface area contributed by atoms with Gasteiger partial charge in [0.2, 0.25) is 0 Å². The van der Waals surface area contributed by atoms with Crippen LogP contribution in [0.2, 0.25) is 0 Å². The van der Waals surface area contributed by atoms with Gasteiger partial charge in [0.15, 0.2) is 23.3 Å². The number of nitrogens with one attached hydrogen (secondary N) is 2. The first-order chi connectivity index (χ1) is 15.2. The lowest BCUT2D eigenvalue weighted by Gasteiger charge is -2.25. The second kappa shape index (κ2) is 11.5. The third kappa shape index (κ3) is 6.33. The first-order valence-electron chi connectivity index (χ1n) is 10.8. The number of methoxy groups -OCH3 is 2. The van der Waals surface area contributed by atoms with E-state index in [4.69, 9.17) is 14.2 Å². The lowest BCUT2D eigenvalue weighted by molar-refractivity contribution is 0.177. The van der Waals surface area contributed by atoms with Crippen molar-refractivity contribution < 1.29 is 14.2 Å². The number of nitrogens with zero attached hydrogens (tertiary/aromatic N) is 4. The van der Waals surface area contributed by atoms with Crippen LogP contribution in [0.5, 0.6) is 11.5 Å². The summed E-state index contributed by atoms with van der Waals surface area (Å²) >= 11 is 0. The van der Waals surface area contributed by atoms with Crippen molar-refractivity contribution in [3.8, 4) is 11.5 Å². The standard InChI is InChI=1S/C22H34N6O3/c1-5-31-19-13-16(8-10-18(19)30-4)7-6-12-24-22(23-2)25-17-9-11-21-26-20(15-29-3)27-28(21)14-17/h8,10,13,17H,5-7,9,11-12,14-15H2,1-4H3,(H2,23,24,25). The molecular formula is C22H34N6O3. The average molecular weight is 431 g/mol. The molecule has 0 aliphatic carbocycles. The van der Waals surface area contributed by atoms with E-state index in [0.29, 0.717) is 13.2 Å². The summed E-state index contributed by atoms with van der Waals surface area (Å²) in [5, 5.41) is 11.5. The monoisotopic (exact) mass is 430 g/mol. The molecule has 170 valence electrons. The van der Waals surface area contributed by atoms with Crippen LogP contribution < -0.4 is 20.1 Å². The average Bonchev–Trinajstić information content (AvgIpc) is 3.18. The van der Waals surface area contributed by atoms with Gasteiger partial charge in [0.25, 0.3) is 0 Å². The number of aromatic nitrogens is 3. The van der Waals surface area contributed by atoms with Gasteiger partial charge in [-0.25, -0.2) is 9.67 Å². The van der Waals surface area contributed by atoms with Crippen LogP contribution in [0, 0.1) is 0 Å². The quantitative estimate of drug-likeness (QED) is 0.338. The van der Waals surface area contributed by atoms with Crippen molar-refractivity contribution in [1.82, 2.24) is 25.4 Å². The number of fused-ring (bicyclic) bond motifs is 1. The second-order valence-electron chi connectivity index (χ2n) is 7.46. The maximum Gasteiger partial charge on any atom is 0.191 e. The van der Waals surface area contributed by atoms with Gasteiger partial charge < -0.3 is 24.8 Å². The predicted octanol–water partition coefficient (Wildman–Crippen LogP) is 1.94. The zero-order valence-electron chi connectivity index (χ0n) is 19.0. The van der Waals surface area contributed by atoms with E-state index in [-0.39, 0.29) is 6.04 Å². The van der Waals surface area contributed by atoms with E-state index in [9.17, 15) is 0 Å². The van der Waals surface area contributed by atoms with Crippen molar-refractivity contribution in [2.75, 3.05) is 34.4 Å². The van der Waals surface area contributed by atoms with E-state index in [1.807, 2.05) is 17.7 Å². The number of guanidine groups is 1. The van der Waals surface area contributed by atoms with Crippen LogP contribution in [-0.4, -0.2) is 61.2 Å². The third-order valence-corrected chi connectivity index (χ3v) is 5.20. The molecule has 0 fully saturated rings. The van der Waals surface area contributed by atoms with Crippen LogP contribution in [0.4, 0.5) is 0 Å². The highest BCUT2D eigenvalue weighted by Gasteiger charge is 2.22. The molecule has 0 spiro atoms. The fourth-order valence-electron chi connectivity index (χ4n) is 3.70. The van der Waals surface area contributed by atoms with Crippen molar-refractivity contribution in [1.29, 1.82) is 0 Å². The minimum atomic E-state index is 0.270. The van der Waals surface area contributed by atoms with Crippen LogP contribution in [0.3, 0.4) is 0 Å². The number of hydrogen-bond acceptors (Lipinski definition) is 6. The Morgan fingerprint density at radius 2 is 2.16 bits per heavy atom. The van der Waals surface area contributed by atoms with Gasteiger partial charge in [-0.2, -0.15) is 5.10 Å². The van der Waals surface area contributed by atoms with Gasteiger partial charge in [-0.1, -0.05) is 6.07 Å². The molecule has 31 heavy (non-hydrogen) atoms. The maximum absolute atomic E-state index is 5.67. The van der Waals surface area contributed by atoms with Crippen molar-refractivity contribution in [2.45, 2.75) is 51.8 Å². The van der Waals surface area contributed by atoms with E-state index >= 15 is 0 Å². The second-order valence-corrected chi connectivity index (χ2v) is 7.46. The fourth-order valence-corrected chi connectivity index (χ4v) is 3.70. The largest absolute Gasteiger partial charge is 0.493 e. The Kier molecular flexibility index (Phi) is 8.52. The normalized spacial score (nSPS) is 16.0. The fraction of sp³-hybridized carbons (Fsp3) is 0.591. The molecule has 9 nitrogen and oxygen atoms in total. The molecule has 1 aromatic heterocycles. The van der Waals surface area contributed by atoms with Gasteiger partial charge in [-0.3, -0.25) is 4.99 Å². The smallest absolute Gasteiger partial charge is 0.191 e. The first-order valence-corrected chi connectivity index (χ1v) is 10.8. The molecule has 0 radical (unpaired) electrons. The minimum absolute atomic E-state index is 0.270. The Hall–Kier alpha value is -2.81. The zero-order valence-corrected chi connectivity index (χ0v) is 19.0. The van der Waals surface area contributed by atoms with Crippen LogP contribution >= 0.6 is 0 Å². The highest BCUT2D eigenvalue weighted by atomic mass is 16.5. The number of aliphatic imine (C=N–C) groups is 1. The van der Waals surface area contributed by atoms with E-state index in [0.717, 1.165) is 67.9 Å². The van der Waals surface area contributed by atoms with Crippen LogP contribution in [0.25, 0.3) is 0 Å². The van der Waals surface area contributed by atoms with Crippen LogP contribution in [0.1, 0.15) is 37.0 Å². The molecule has 0 bridgehead atoms. The van der Waals surface area contributed by atoms with Gasteiger partial charge in [-0.15, -0.1) is 0 Å². The molecule has 0 saturated heterocycles. The molecule has 3 rings (SSSR count). The van der Waals surface area contributed by atoms with Crippen LogP contribution in [-0.2, 0) is 30.7 Å². The predicted molar refractivity (Wildman–Crippen MR) is 120 cm³/mol. The van der Waals surface area contributed by atoms with Crippen LogP contribution in [0.15, 0.2) is 23.2 Å². The number of rotatable bonds is 10. The van der Waals surface area contributed by atoms with Gasteiger partial charge >= 0.3 is 0 Å². The Bertz CT molecular complexity index is 867. The summed E-state index contributed by atoms with van der Waals surface area (Å²) in [6.45, 7) is 4.65. The van der Waals surface area contributed by atoms with E-state index in [2.05, 4.69) is 37.8 Å². The maximum atomic E-state index is 5.67. The summed E-state index contributed by atoms with van der Waals surface area (Å²) in [4.78, 5) is 8.90. The summed E-state index contributed by atoms with van der Waals surface area (Å²) in [5.41, 5.74) is 1.23. The number of ether oxygens (including phenoxy) is 3. The van der Waals surface area contributed by atoms with Gasteiger partial charge in [0.1, 0.15) is 12.4 Å². The van der Waals surface area contributed by atoms with E-state index in [1.54, 1.807) is 21.3 Å². The third-order valence-electron chi connectivity index (χ3n) is 5.20. The van der Waals surface area contributed by atoms with E-state index in [1.165, 1.54) is 5.56 Å². The summed E-state index contributed by atoms with van der Waals surface area (Å²) in [6, 6.07) is 6.38. The summed E-state index contributed by atoms with van der Waals surface area (Å²) < 4.78 is 18.1. The lowest BCUT2D eigenvalue weighted by atomic mass is 10.1. The molecule has 1 aliphatic heterocycles. The topological polar surface area (TPSA) is 94.8 Å². The Morgan fingerprint density at radius 3 is 2.90 bits per heavy atom. The molecule has 2 heterocycles. The molecule has 2 N–H and O–H groups in total. The van der Waals surface area contributed by atoms with Crippen molar-refractivity contribution in [3.05, 3.63) is 35.4 Å². The minimum Gasteiger partial charge on any atom is -0.493 e. The Balaban J connectivity index is 1.44. The highest BCUT2D eigenvalue weighted by molar-refractivity contribution is 5.79. The van der Waals surface area contributed by atoms with Crippen molar-refractivity contribution in [2.24, 2.45) is 4.99 Å². The number of hydrogen-bond donors (Lipinski definition) is 2. The molecule has 0 saturated carbocycles. The van der Waals surface area contributed by atoms with Gasteiger partial charge in [0.05, 0.1) is 20.3 Å². The SMILES string of the molecule is CCOc1cc(CCCNC(=NC)NC2CCc3nc(COC)nn3C2)ccc1OC. The van der Waals surface area contributed by atoms with Crippen molar-refractivity contribution in [3.63, 3.8) is 0 Å². The lowest BCUT2D eigenvalue weighted by Crippen LogP contribution is -2.47. The molecule has 1 aromatic carbocycles. The molecule has 0 amide bonds. The molecule has 1 unspecified atom stereocenters. The number of aryl methyl sites for hydroxylation is 2. The molecular weight excluding hydrogens is 396 g/mol. The van der Waals surface area contributed by atoms with Gasteiger partial charge in [0, 0.05) is 33.2 Å². The first kappa shape index (κ1) is 22.9. The van der Waals surface area contributed by atoms with Crippen molar-refractivity contribution >= 4 is 5.96 Å². The molecule has 9 heteroatoms.